The Balaban J connectivity index is 1.55. The van der Waals surface area contributed by atoms with Crippen LogP contribution in [-0.4, -0.2) is 48.1 Å². The van der Waals surface area contributed by atoms with E-state index in [1.54, 1.807) is 26.0 Å². The lowest BCUT2D eigenvalue weighted by Gasteiger charge is -2.22. The maximum atomic E-state index is 11.9. The van der Waals surface area contributed by atoms with Gasteiger partial charge in [-0.2, -0.15) is 0 Å². The van der Waals surface area contributed by atoms with Crippen molar-refractivity contribution in [2.24, 2.45) is 0 Å². The first-order chi connectivity index (χ1) is 10.4. The maximum Gasteiger partial charge on any atom is 0.338 e. The Bertz CT molecular complexity index is 552. The van der Waals surface area contributed by atoms with E-state index in [1.807, 2.05) is 19.1 Å². The maximum absolute atomic E-state index is 11.9. The molecule has 2 heterocycles. The lowest BCUT2D eigenvalue weighted by molar-refractivity contribution is -0.218. The van der Waals surface area contributed by atoms with Gasteiger partial charge in [-0.15, -0.1) is 0 Å². The summed E-state index contributed by atoms with van der Waals surface area (Å²) in [7, 11) is 0. The summed E-state index contributed by atoms with van der Waals surface area (Å²) in [6.45, 7) is 5.41. The summed E-state index contributed by atoms with van der Waals surface area (Å²) in [5.41, 5.74) is 1.53. The van der Waals surface area contributed by atoms with Gasteiger partial charge in [0.1, 0.15) is 24.9 Å². The number of carbonyl (C=O) groups is 1. The molecule has 0 aliphatic carbocycles. The van der Waals surface area contributed by atoms with Gasteiger partial charge in [0.05, 0.1) is 5.56 Å². The van der Waals surface area contributed by atoms with Crippen LogP contribution in [0.4, 0.5) is 0 Å². The molecule has 4 atom stereocenters. The summed E-state index contributed by atoms with van der Waals surface area (Å²) in [5.74, 6) is -1.23. The molecule has 0 bridgehead atoms. The third-order valence-electron chi connectivity index (χ3n) is 3.78. The highest BCUT2D eigenvalue weighted by Crippen LogP contribution is 2.37. The minimum Gasteiger partial charge on any atom is -0.459 e. The first kappa shape index (κ1) is 15.4. The van der Waals surface area contributed by atoms with Crippen LogP contribution in [0.2, 0.25) is 0 Å². The Kier molecular flexibility index (Phi) is 3.94. The monoisotopic (exact) mass is 308 g/mol. The summed E-state index contributed by atoms with van der Waals surface area (Å²) in [6, 6.07) is 7.08. The fourth-order valence-corrected chi connectivity index (χ4v) is 2.63. The highest BCUT2D eigenvalue weighted by atomic mass is 16.8. The summed E-state index contributed by atoms with van der Waals surface area (Å²) < 4.78 is 21.9. The number of aliphatic hydroxyl groups is 1. The van der Waals surface area contributed by atoms with E-state index in [1.165, 1.54) is 0 Å². The highest BCUT2D eigenvalue weighted by Gasteiger charge is 2.54. The first-order valence-corrected chi connectivity index (χ1v) is 7.29. The molecule has 1 aromatic rings. The van der Waals surface area contributed by atoms with E-state index < -0.39 is 36.4 Å². The van der Waals surface area contributed by atoms with Crippen molar-refractivity contribution in [2.75, 3.05) is 6.61 Å². The van der Waals surface area contributed by atoms with Gasteiger partial charge in [0.25, 0.3) is 0 Å². The second kappa shape index (κ2) is 5.62. The number of aryl methyl sites for hydroxylation is 1. The number of ether oxygens (including phenoxy) is 4. The summed E-state index contributed by atoms with van der Waals surface area (Å²) in [6.07, 6.45) is -2.73. The predicted molar refractivity (Wildman–Crippen MR) is 76.2 cm³/mol. The minimum atomic E-state index is -0.891. The van der Waals surface area contributed by atoms with Gasteiger partial charge in [0.2, 0.25) is 0 Å². The molecule has 0 radical (unpaired) electrons. The van der Waals surface area contributed by atoms with E-state index in [2.05, 4.69) is 0 Å². The number of rotatable bonds is 3. The molecule has 0 aromatic heterocycles. The SMILES string of the molecule is Cc1ccc(C(=O)OC[C@@H]2O[C@@H]3OC(C)(C)O[C@@H]3[C@@H]2O)cc1. The summed E-state index contributed by atoms with van der Waals surface area (Å²) in [4.78, 5) is 11.9. The van der Waals surface area contributed by atoms with Gasteiger partial charge in [0.15, 0.2) is 12.1 Å². The van der Waals surface area contributed by atoms with E-state index in [0.29, 0.717) is 5.56 Å². The van der Waals surface area contributed by atoms with Gasteiger partial charge in [-0.1, -0.05) is 17.7 Å². The largest absolute Gasteiger partial charge is 0.459 e. The molecule has 6 heteroatoms. The Morgan fingerprint density at radius 2 is 1.95 bits per heavy atom. The van der Waals surface area contributed by atoms with Gasteiger partial charge in [-0.25, -0.2) is 4.79 Å². The Hall–Kier alpha value is -1.47. The lowest BCUT2D eigenvalue weighted by atomic mass is 10.1. The van der Waals surface area contributed by atoms with Crippen LogP contribution >= 0.6 is 0 Å². The number of esters is 1. The van der Waals surface area contributed by atoms with Crippen molar-refractivity contribution in [1.82, 2.24) is 0 Å². The van der Waals surface area contributed by atoms with Gasteiger partial charge in [0, 0.05) is 0 Å². The number of benzene rings is 1. The second-order valence-corrected chi connectivity index (χ2v) is 6.10. The van der Waals surface area contributed by atoms with Gasteiger partial charge < -0.3 is 24.1 Å². The third-order valence-corrected chi connectivity index (χ3v) is 3.78. The topological polar surface area (TPSA) is 74.2 Å². The zero-order valence-electron chi connectivity index (χ0n) is 12.8. The second-order valence-electron chi connectivity index (χ2n) is 6.10. The number of hydrogen-bond acceptors (Lipinski definition) is 6. The molecule has 3 rings (SSSR count). The fourth-order valence-electron chi connectivity index (χ4n) is 2.63. The molecule has 0 saturated carbocycles. The van der Waals surface area contributed by atoms with E-state index in [0.717, 1.165) is 5.56 Å². The quantitative estimate of drug-likeness (QED) is 0.851. The van der Waals surface area contributed by atoms with E-state index in [4.69, 9.17) is 18.9 Å². The van der Waals surface area contributed by atoms with E-state index >= 15 is 0 Å². The van der Waals surface area contributed by atoms with Crippen molar-refractivity contribution in [2.45, 2.75) is 51.2 Å². The van der Waals surface area contributed by atoms with Crippen molar-refractivity contribution in [3.63, 3.8) is 0 Å². The molecular formula is C16H20O6. The van der Waals surface area contributed by atoms with Crippen molar-refractivity contribution >= 4 is 5.97 Å². The zero-order valence-corrected chi connectivity index (χ0v) is 12.8. The molecule has 1 aromatic carbocycles. The smallest absolute Gasteiger partial charge is 0.338 e. The van der Waals surface area contributed by atoms with Crippen LogP contribution in [0.3, 0.4) is 0 Å². The molecule has 22 heavy (non-hydrogen) atoms. The van der Waals surface area contributed by atoms with Crippen LogP contribution in [-0.2, 0) is 18.9 Å². The molecular weight excluding hydrogens is 288 g/mol. The van der Waals surface area contributed by atoms with Gasteiger partial charge in [-0.3, -0.25) is 0 Å². The standard InChI is InChI=1S/C16H20O6/c1-9-4-6-10(7-5-9)14(18)19-8-11-12(17)13-15(20-11)22-16(2,3)21-13/h4-7,11-13,15,17H,8H2,1-3H3/t11-,12+,13+,15+/m0/s1. The van der Waals surface area contributed by atoms with Crippen LogP contribution in [0, 0.1) is 6.92 Å². The number of hydrogen-bond donors (Lipinski definition) is 1. The number of fused-ring (bicyclic) bond motifs is 1. The Labute approximate surface area is 128 Å². The average molecular weight is 308 g/mol. The van der Waals surface area contributed by atoms with Crippen molar-refractivity contribution in [1.29, 1.82) is 0 Å². The van der Waals surface area contributed by atoms with Crippen LogP contribution in [0.25, 0.3) is 0 Å². The third kappa shape index (κ3) is 3.01. The van der Waals surface area contributed by atoms with Gasteiger partial charge in [-0.05, 0) is 32.9 Å². The predicted octanol–water partition coefficient (Wildman–Crippen LogP) is 1.39. The average Bonchev–Trinajstić information content (AvgIpc) is 2.91. The fraction of sp³-hybridized carbons (Fsp3) is 0.562. The van der Waals surface area contributed by atoms with Crippen molar-refractivity contribution < 1.29 is 28.8 Å². The van der Waals surface area contributed by atoms with Crippen molar-refractivity contribution in [3.8, 4) is 0 Å². The molecule has 0 spiro atoms. The molecule has 6 nitrogen and oxygen atoms in total. The van der Waals surface area contributed by atoms with E-state index in [-0.39, 0.29) is 6.61 Å². The normalized spacial score (nSPS) is 32.7. The molecule has 2 saturated heterocycles. The molecule has 2 aliphatic rings. The molecule has 0 amide bonds. The van der Waals surface area contributed by atoms with Crippen molar-refractivity contribution in [3.05, 3.63) is 35.4 Å². The van der Waals surface area contributed by atoms with E-state index in [9.17, 15) is 9.90 Å². The molecule has 1 N–H and O–H groups in total. The Morgan fingerprint density at radius 1 is 1.27 bits per heavy atom. The first-order valence-electron chi connectivity index (χ1n) is 7.29. The minimum absolute atomic E-state index is 0.0476. The number of aliphatic hydroxyl groups excluding tert-OH is 1. The molecule has 0 unspecified atom stereocenters. The summed E-state index contributed by atoms with van der Waals surface area (Å²) in [5, 5.41) is 10.2. The molecule has 2 fully saturated rings. The molecule has 120 valence electrons. The zero-order chi connectivity index (χ0) is 15.9. The lowest BCUT2D eigenvalue weighted by Crippen LogP contribution is -2.37. The van der Waals surface area contributed by atoms with Gasteiger partial charge >= 0.3 is 5.97 Å². The highest BCUT2D eigenvalue weighted by molar-refractivity contribution is 5.89. The van der Waals surface area contributed by atoms with Crippen LogP contribution in [0.5, 0.6) is 0 Å². The van der Waals surface area contributed by atoms with Crippen LogP contribution < -0.4 is 0 Å². The van der Waals surface area contributed by atoms with Crippen LogP contribution in [0.15, 0.2) is 24.3 Å². The van der Waals surface area contributed by atoms with Crippen LogP contribution in [0.1, 0.15) is 29.8 Å². The Morgan fingerprint density at radius 3 is 2.59 bits per heavy atom. The number of carbonyl (C=O) groups excluding carboxylic acids is 1. The molecule has 2 aliphatic heterocycles. The summed E-state index contributed by atoms with van der Waals surface area (Å²) >= 11 is 0.